The van der Waals surface area contributed by atoms with Gasteiger partial charge in [0.15, 0.2) is 0 Å². The molecule has 3 amide bonds. The third-order valence-electron chi connectivity index (χ3n) is 2.40. The molecule has 0 aromatic heterocycles. The summed E-state index contributed by atoms with van der Waals surface area (Å²) in [7, 11) is 0. The molecule has 0 aliphatic rings. The Labute approximate surface area is 125 Å². The molecule has 0 aromatic rings. The molecule has 4 N–H and O–H groups in total. The van der Waals surface area contributed by atoms with Crippen molar-refractivity contribution in [1.82, 2.24) is 21.3 Å². The van der Waals surface area contributed by atoms with E-state index in [1.165, 1.54) is 0 Å². The highest BCUT2D eigenvalue weighted by atomic mass is 32.1. The molecule has 0 bridgehead atoms. The van der Waals surface area contributed by atoms with Gasteiger partial charge in [-0.1, -0.05) is 6.92 Å². The third-order valence-corrected chi connectivity index (χ3v) is 2.66. The Morgan fingerprint density at radius 2 is 1.70 bits per heavy atom. The van der Waals surface area contributed by atoms with E-state index in [1.54, 1.807) is 6.92 Å². The number of hydrogen-bond donors (Lipinski definition) is 5. The summed E-state index contributed by atoms with van der Waals surface area (Å²) >= 11 is 4.06. The molecular formula is C12H24N4O3S. The maximum atomic E-state index is 11.9. The summed E-state index contributed by atoms with van der Waals surface area (Å²) in [6, 6.07) is -0.673. The van der Waals surface area contributed by atoms with E-state index in [-0.39, 0.29) is 30.8 Å². The number of rotatable bonds is 10. The molecule has 0 aromatic carbocycles. The topological polar surface area (TPSA) is 99.3 Å². The summed E-state index contributed by atoms with van der Waals surface area (Å²) in [5.74, 6) is -0.438. The highest BCUT2D eigenvalue weighted by Crippen LogP contribution is 1.95. The fourth-order valence-electron chi connectivity index (χ4n) is 1.43. The number of carbonyl (C=O) groups is 3. The van der Waals surface area contributed by atoms with Crippen molar-refractivity contribution in [2.24, 2.45) is 0 Å². The van der Waals surface area contributed by atoms with Crippen LogP contribution < -0.4 is 21.3 Å². The fraction of sp³-hybridized carbons (Fsp3) is 0.750. The molecule has 0 heterocycles. The van der Waals surface area contributed by atoms with Crippen LogP contribution in [0.2, 0.25) is 0 Å². The Balaban J connectivity index is 4.24. The molecule has 7 nitrogen and oxygen atoms in total. The van der Waals surface area contributed by atoms with E-state index >= 15 is 0 Å². The number of likely N-dealkylation sites (N-methyl/N-ethyl adjacent to an activating group) is 2. The van der Waals surface area contributed by atoms with Crippen LogP contribution in [0.5, 0.6) is 0 Å². The molecule has 0 unspecified atom stereocenters. The van der Waals surface area contributed by atoms with E-state index in [1.807, 2.05) is 6.92 Å². The van der Waals surface area contributed by atoms with Gasteiger partial charge in [0.05, 0.1) is 13.1 Å². The molecule has 0 saturated heterocycles. The van der Waals surface area contributed by atoms with Gasteiger partial charge in [-0.25, -0.2) is 0 Å². The second-order valence-corrected chi connectivity index (χ2v) is 4.53. The normalized spacial score (nSPS) is 11.6. The number of nitrogens with one attached hydrogen (secondary N) is 4. The van der Waals surface area contributed by atoms with Gasteiger partial charge >= 0.3 is 0 Å². The third kappa shape index (κ3) is 8.76. The molecule has 0 aliphatic heterocycles. The molecule has 0 fully saturated rings. The van der Waals surface area contributed by atoms with Gasteiger partial charge in [0.2, 0.25) is 17.7 Å². The minimum Gasteiger partial charge on any atom is -0.355 e. The average molecular weight is 304 g/mol. The molecule has 8 heteroatoms. The summed E-state index contributed by atoms with van der Waals surface area (Å²) in [6.45, 7) is 4.92. The van der Waals surface area contributed by atoms with Gasteiger partial charge in [-0.2, -0.15) is 12.6 Å². The first-order chi connectivity index (χ1) is 9.54. The molecule has 0 radical (unpaired) electrons. The lowest BCUT2D eigenvalue weighted by atomic mass is 10.2. The van der Waals surface area contributed by atoms with Gasteiger partial charge in [0.1, 0.15) is 6.04 Å². The summed E-state index contributed by atoms with van der Waals surface area (Å²) < 4.78 is 0. The number of thiol groups is 1. The van der Waals surface area contributed by atoms with Crippen LogP contribution in [-0.2, 0) is 14.4 Å². The molecule has 1 atom stereocenters. The number of amides is 3. The van der Waals surface area contributed by atoms with Crippen LogP contribution >= 0.6 is 12.6 Å². The Kier molecular flexibility index (Phi) is 10.8. The summed E-state index contributed by atoms with van der Waals surface area (Å²) in [6.07, 6.45) is 0.405. The lowest BCUT2D eigenvalue weighted by Gasteiger charge is -2.17. The van der Waals surface area contributed by atoms with Crippen LogP contribution in [0.1, 0.15) is 20.3 Å². The minimum atomic E-state index is -0.673. The number of hydrogen-bond acceptors (Lipinski definition) is 5. The maximum absolute atomic E-state index is 11.9. The largest absolute Gasteiger partial charge is 0.355 e. The van der Waals surface area contributed by atoms with Crippen molar-refractivity contribution in [3.8, 4) is 0 Å². The lowest BCUT2D eigenvalue weighted by molar-refractivity contribution is -0.130. The van der Waals surface area contributed by atoms with Crippen molar-refractivity contribution < 1.29 is 14.4 Å². The van der Waals surface area contributed by atoms with Gasteiger partial charge < -0.3 is 21.3 Å². The van der Waals surface area contributed by atoms with E-state index in [2.05, 4.69) is 33.9 Å². The quantitative estimate of drug-likeness (QED) is 0.322. The van der Waals surface area contributed by atoms with Crippen LogP contribution in [0.15, 0.2) is 0 Å². The van der Waals surface area contributed by atoms with Crippen molar-refractivity contribution >= 4 is 30.4 Å². The van der Waals surface area contributed by atoms with Gasteiger partial charge in [0.25, 0.3) is 0 Å². The predicted octanol–water partition coefficient (Wildman–Crippen LogP) is -1.35. The zero-order valence-electron chi connectivity index (χ0n) is 12.0. The van der Waals surface area contributed by atoms with E-state index in [9.17, 15) is 14.4 Å². The second kappa shape index (κ2) is 11.5. The molecule has 0 saturated carbocycles. The first-order valence-corrected chi connectivity index (χ1v) is 7.33. The standard InChI is InChI=1S/C12H24N4O3S/c1-3-13-7-11(18)16-9(5-6-20)12(19)15-8-10(17)14-4-2/h9,13,20H,3-8H2,1-2H3,(H,14,17)(H,15,19)(H,16,18)/t9-/m1/s1. The number of carbonyl (C=O) groups excluding carboxylic acids is 3. The van der Waals surface area contributed by atoms with Crippen molar-refractivity contribution in [1.29, 1.82) is 0 Å². The SMILES string of the molecule is CCNCC(=O)N[C@H](CCS)C(=O)NCC(=O)NCC. The van der Waals surface area contributed by atoms with Crippen molar-refractivity contribution in [2.75, 3.05) is 31.9 Å². The Morgan fingerprint density at radius 3 is 2.25 bits per heavy atom. The highest BCUT2D eigenvalue weighted by Gasteiger charge is 2.20. The van der Waals surface area contributed by atoms with Crippen molar-refractivity contribution in [3.63, 3.8) is 0 Å². The van der Waals surface area contributed by atoms with Crippen LogP contribution in [0.4, 0.5) is 0 Å². The van der Waals surface area contributed by atoms with Crippen LogP contribution in [0.25, 0.3) is 0 Å². The maximum Gasteiger partial charge on any atom is 0.243 e. The van der Waals surface area contributed by atoms with E-state index in [0.29, 0.717) is 25.3 Å². The Morgan fingerprint density at radius 1 is 1.00 bits per heavy atom. The van der Waals surface area contributed by atoms with E-state index in [4.69, 9.17) is 0 Å². The summed E-state index contributed by atoms with van der Waals surface area (Å²) in [4.78, 5) is 34.7. The van der Waals surface area contributed by atoms with Gasteiger partial charge in [0, 0.05) is 6.54 Å². The summed E-state index contributed by atoms with van der Waals surface area (Å²) in [5.41, 5.74) is 0. The molecule has 0 spiro atoms. The predicted molar refractivity (Wildman–Crippen MR) is 80.6 cm³/mol. The lowest BCUT2D eigenvalue weighted by Crippen LogP contribution is -2.50. The average Bonchev–Trinajstić information content (AvgIpc) is 2.42. The van der Waals surface area contributed by atoms with Crippen LogP contribution in [0.3, 0.4) is 0 Å². The minimum absolute atomic E-state index is 0.0984. The molecule has 116 valence electrons. The van der Waals surface area contributed by atoms with Gasteiger partial charge in [-0.15, -0.1) is 0 Å². The molecule has 0 aliphatic carbocycles. The zero-order valence-corrected chi connectivity index (χ0v) is 12.9. The zero-order chi connectivity index (χ0) is 15.4. The molecular weight excluding hydrogens is 280 g/mol. The van der Waals surface area contributed by atoms with Gasteiger partial charge in [-0.3, -0.25) is 14.4 Å². The molecule has 20 heavy (non-hydrogen) atoms. The smallest absolute Gasteiger partial charge is 0.243 e. The second-order valence-electron chi connectivity index (χ2n) is 4.08. The monoisotopic (exact) mass is 304 g/mol. The fourth-order valence-corrected chi connectivity index (χ4v) is 1.69. The van der Waals surface area contributed by atoms with E-state index < -0.39 is 6.04 Å². The first-order valence-electron chi connectivity index (χ1n) is 6.70. The summed E-state index contributed by atoms with van der Waals surface area (Å²) in [5, 5.41) is 10.6. The van der Waals surface area contributed by atoms with Crippen molar-refractivity contribution in [3.05, 3.63) is 0 Å². The van der Waals surface area contributed by atoms with Gasteiger partial charge in [-0.05, 0) is 25.6 Å². The van der Waals surface area contributed by atoms with Crippen molar-refractivity contribution in [2.45, 2.75) is 26.3 Å². The Bertz CT molecular complexity index is 326. The van der Waals surface area contributed by atoms with E-state index in [0.717, 1.165) is 0 Å². The first kappa shape index (κ1) is 18.7. The van der Waals surface area contributed by atoms with Crippen LogP contribution in [0, 0.1) is 0 Å². The Hall–Kier alpha value is -1.28. The molecule has 0 rings (SSSR count). The van der Waals surface area contributed by atoms with Crippen LogP contribution in [-0.4, -0.2) is 55.7 Å². The highest BCUT2D eigenvalue weighted by molar-refractivity contribution is 7.80.